The summed E-state index contributed by atoms with van der Waals surface area (Å²) in [7, 11) is 2.21. The van der Waals surface area contributed by atoms with E-state index in [9.17, 15) is 0 Å². The number of halogens is 1. The van der Waals surface area contributed by atoms with Gasteiger partial charge in [0.1, 0.15) is 0 Å². The van der Waals surface area contributed by atoms with Gasteiger partial charge in [0.05, 0.1) is 0 Å². The lowest BCUT2D eigenvalue weighted by atomic mass is 10.0. The maximum Gasteiger partial charge on any atom is 0.0230 e. The molecule has 0 amide bonds. The van der Waals surface area contributed by atoms with E-state index in [0.29, 0.717) is 4.83 Å². The fraction of sp³-hybridized carbons (Fsp3) is 0.429. The summed E-state index contributed by atoms with van der Waals surface area (Å²) in [6.45, 7) is 6.53. The molecule has 2 heteroatoms. The van der Waals surface area contributed by atoms with Gasteiger partial charge in [-0.1, -0.05) is 76.9 Å². The molecule has 0 bridgehead atoms. The summed E-state index contributed by atoms with van der Waals surface area (Å²) in [5.74, 6) is 0. The fourth-order valence-electron chi connectivity index (χ4n) is 2.74. The van der Waals surface area contributed by atoms with Crippen molar-refractivity contribution in [3.8, 4) is 0 Å². The predicted molar refractivity (Wildman–Crippen MR) is 104 cm³/mol. The zero-order chi connectivity index (χ0) is 16.7. The molecule has 2 aromatic carbocycles. The Hall–Kier alpha value is -1.12. The molecular weight excluding hydrogens is 346 g/mol. The molecule has 2 aromatic rings. The molecule has 1 nitrogen and oxygen atoms in total. The summed E-state index contributed by atoms with van der Waals surface area (Å²) in [5.41, 5.74) is 5.48. The van der Waals surface area contributed by atoms with E-state index in [1.54, 1.807) is 0 Å². The second kappa shape index (κ2) is 9.24. The van der Waals surface area contributed by atoms with Crippen molar-refractivity contribution < 1.29 is 0 Å². The molecule has 0 saturated heterocycles. The first-order chi connectivity index (χ1) is 11.0. The standard InChI is InChI=1S/C21H28BrN/c1-17-6-8-19(9-7-17)15-20-10-12-21(13-11-20)16-23(3)14-4-5-18(2)22/h6-13,18H,4-5,14-16H2,1-3H3. The first kappa shape index (κ1) is 18.2. The average Bonchev–Trinajstić information content (AvgIpc) is 2.51. The fourth-order valence-corrected chi connectivity index (χ4v) is 3.06. The Bertz CT molecular complexity index is 572. The monoisotopic (exact) mass is 373 g/mol. The number of hydrogen-bond donors (Lipinski definition) is 0. The highest BCUT2D eigenvalue weighted by molar-refractivity contribution is 9.09. The topological polar surface area (TPSA) is 3.24 Å². The van der Waals surface area contributed by atoms with Gasteiger partial charge in [-0.05, 0) is 56.5 Å². The van der Waals surface area contributed by atoms with Gasteiger partial charge in [0.25, 0.3) is 0 Å². The van der Waals surface area contributed by atoms with Crippen LogP contribution in [0.3, 0.4) is 0 Å². The summed E-state index contributed by atoms with van der Waals surface area (Å²) in [4.78, 5) is 3.03. The molecule has 0 aliphatic heterocycles. The Morgan fingerprint density at radius 3 is 2.00 bits per heavy atom. The first-order valence-corrected chi connectivity index (χ1v) is 9.40. The predicted octanol–water partition coefficient (Wildman–Crippen LogP) is 5.58. The summed E-state index contributed by atoms with van der Waals surface area (Å²) < 4.78 is 0. The molecule has 0 aromatic heterocycles. The average molecular weight is 374 g/mol. The van der Waals surface area contributed by atoms with Gasteiger partial charge >= 0.3 is 0 Å². The van der Waals surface area contributed by atoms with Crippen LogP contribution in [-0.4, -0.2) is 23.3 Å². The van der Waals surface area contributed by atoms with Crippen LogP contribution in [0.2, 0.25) is 0 Å². The minimum absolute atomic E-state index is 0.622. The van der Waals surface area contributed by atoms with Crippen molar-refractivity contribution in [1.82, 2.24) is 4.90 Å². The Kier molecular flexibility index (Phi) is 7.32. The van der Waals surface area contributed by atoms with Gasteiger partial charge in [0.2, 0.25) is 0 Å². The van der Waals surface area contributed by atoms with Crippen LogP contribution in [-0.2, 0) is 13.0 Å². The number of nitrogens with zero attached hydrogens (tertiary/aromatic N) is 1. The highest BCUT2D eigenvalue weighted by atomic mass is 79.9. The molecule has 0 radical (unpaired) electrons. The second-order valence-electron chi connectivity index (χ2n) is 6.64. The zero-order valence-electron chi connectivity index (χ0n) is 14.6. The van der Waals surface area contributed by atoms with Gasteiger partial charge in [0.15, 0.2) is 0 Å². The molecule has 0 spiro atoms. The molecule has 0 aliphatic carbocycles. The molecule has 0 aliphatic rings. The van der Waals surface area contributed by atoms with Crippen molar-refractivity contribution in [1.29, 1.82) is 0 Å². The van der Waals surface area contributed by atoms with Crippen molar-refractivity contribution in [3.05, 3.63) is 70.8 Å². The van der Waals surface area contributed by atoms with Crippen LogP contribution in [0.15, 0.2) is 48.5 Å². The third-order valence-electron chi connectivity index (χ3n) is 4.15. The van der Waals surface area contributed by atoms with Gasteiger partial charge in [-0.25, -0.2) is 0 Å². The van der Waals surface area contributed by atoms with E-state index in [4.69, 9.17) is 0 Å². The maximum absolute atomic E-state index is 3.61. The SMILES string of the molecule is Cc1ccc(Cc2ccc(CN(C)CCCC(C)Br)cc2)cc1. The highest BCUT2D eigenvalue weighted by Gasteiger charge is 2.03. The molecule has 0 N–H and O–H groups in total. The highest BCUT2D eigenvalue weighted by Crippen LogP contribution is 2.13. The number of aryl methyl sites for hydroxylation is 1. The van der Waals surface area contributed by atoms with Gasteiger partial charge in [0, 0.05) is 11.4 Å². The Balaban J connectivity index is 1.83. The summed E-state index contributed by atoms with van der Waals surface area (Å²) >= 11 is 3.61. The van der Waals surface area contributed by atoms with E-state index in [1.165, 1.54) is 35.1 Å². The summed E-state index contributed by atoms with van der Waals surface area (Å²) in [5, 5.41) is 0. The molecule has 1 unspecified atom stereocenters. The van der Waals surface area contributed by atoms with Crippen LogP contribution in [0.5, 0.6) is 0 Å². The molecular formula is C21H28BrN. The normalized spacial score (nSPS) is 12.6. The number of benzene rings is 2. The van der Waals surface area contributed by atoms with Crippen molar-refractivity contribution in [2.75, 3.05) is 13.6 Å². The van der Waals surface area contributed by atoms with E-state index in [-0.39, 0.29) is 0 Å². The largest absolute Gasteiger partial charge is 0.302 e. The quantitative estimate of drug-likeness (QED) is 0.545. The molecule has 2 rings (SSSR count). The van der Waals surface area contributed by atoms with Crippen LogP contribution < -0.4 is 0 Å². The smallest absolute Gasteiger partial charge is 0.0230 e. The Morgan fingerprint density at radius 1 is 0.913 bits per heavy atom. The molecule has 124 valence electrons. The van der Waals surface area contributed by atoms with Gasteiger partial charge in [-0.3, -0.25) is 0 Å². The van der Waals surface area contributed by atoms with E-state index >= 15 is 0 Å². The second-order valence-corrected chi connectivity index (χ2v) is 8.20. The maximum atomic E-state index is 3.61. The van der Waals surface area contributed by atoms with E-state index in [1.807, 2.05) is 0 Å². The minimum atomic E-state index is 0.622. The minimum Gasteiger partial charge on any atom is -0.302 e. The van der Waals surface area contributed by atoms with Crippen molar-refractivity contribution in [2.24, 2.45) is 0 Å². The lowest BCUT2D eigenvalue weighted by Crippen LogP contribution is -2.19. The molecule has 0 heterocycles. The Morgan fingerprint density at radius 2 is 1.43 bits per heavy atom. The molecule has 1 atom stereocenters. The van der Waals surface area contributed by atoms with Crippen LogP contribution in [0.4, 0.5) is 0 Å². The van der Waals surface area contributed by atoms with Gasteiger partial charge < -0.3 is 4.90 Å². The number of rotatable bonds is 8. The third-order valence-corrected chi connectivity index (χ3v) is 4.60. The van der Waals surface area contributed by atoms with Crippen LogP contribution >= 0.6 is 15.9 Å². The first-order valence-electron chi connectivity index (χ1n) is 8.49. The molecule has 0 saturated carbocycles. The molecule has 0 fully saturated rings. The van der Waals surface area contributed by atoms with Crippen molar-refractivity contribution >= 4 is 15.9 Å². The molecule has 23 heavy (non-hydrogen) atoms. The zero-order valence-corrected chi connectivity index (χ0v) is 16.1. The van der Waals surface area contributed by atoms with E-state index < -0.39 is 0 Å². The Labute approximate surface area is 149 Å². The third kappa shape index (κ3) is 6.88. The summed E-state index contributed by atoms with van der Waals surface area (Å²) in [6.07, 6.45) is 3.49. The van der Waals surface area contributed by atoms with Crippen molar-refractivity contribution in [2.45, 2.75) is 44.5 Å². The lowest BCUT2D eigenvalue weighted by molar-refractivity contribution is 0.319. The van der Waals surface area contributed by atoms with Gasteiger partial charge in [-0.2, -0.15) is 0 Å². The number of hydrogen-bond acceptors (Lipinski definition) is 1. The number of alkyl halides is 1. The van der Waals surface area contributed by atoms with Crippen LogP contribution in [0, 0.1) is 6.92 Å². The van der Waals surface area contributed by atoms with Crippen LogP contribution in [0.1, 0.15) is 42.0 Å². The van der Waals surface area contributed by atoms with Crippen molar-refractivity contribution in [3.63, 3.8) is 0 Å². The van der Waals surface area contributed by atoms with Crippen LogP contribution in [0.25, 0.3) is 0 Å². The van der Waals surface area contributed by atoms with E-state index in [2.05, 4.69) is 90.3 Å². The van der Waals surface area contributed by atoms with E-state index in [0.717, 1.165) is 19.5 Å². The van der Waals surface area contributed by atoms with Gasteiger partial charge in [-0.15, -0.1) is 0 Å². The lowest BCUT2D eigenvalue weighted by Gasteiger charge is -2.17. The summed E-state index contributed by atoms with van der Waals surface area (Å²) in [6, 6.07) is 17.9.